The molecule has 1 heterocycles. The van der Waals surface area contributed by atoms with E-state index in [0.717, 1.165) is 4.31 Å². The van der Waals surface area contributed by atoms with Gasteiger partial charge in [-0.3, -0.25) is 4.79 Å². The average molecular weight is 301 g/mol. The van der Waals surface area contributed by atoms with E-state index in [1.807, 2.05) is 0 Å². The van der Waals surface area contributed by atoms with Crippen molar-refractivity contribution in [2.24, 2.45) is 0 Å². The van der Waals surface area contributed by atoms with Crippen LogP contribution in [0.15, 0.2) is 18.2 Å². The maximum atomic E-state index is 13.7. The smallest absolute Gasteiger partial charge is 0.322 e. The number of hydrogen-bond donors (Lipinski definition) is 1. The molecule has 0 bridgehead atoms. The SMILES string of the molecule is Cc1ccc(CS(=O)(=O)N2CCCC2C(=O)O)c(F)c1. The predicted octanol–water partition coefficient (Wildman–Crippen LogP) is 1.51. The van der Waals surface area contributed by atoms with Crippen LogP contribution in [0.25, 0.3) is 0 Å². The summed E-state index contributed by atoms with van der Waals surface area (Å²) in [6.45, 7) is 1.88. The minimum atomic E-state index is -3.83. The second-order valence-electron chi connectivity index (χ2n) is 4.96. The lowest BCUT2D eigenvalue weighted by Gasteiger charge is -2.21. The fraction of sp³-hybridized carbons (Fsp3) is 0.462. The number of benzene rings is 1. The Hall–Kier alpha value is -1.47. The van der Waals surface area contributed by atoms with E-state index in [1.165, 1.54) is 12.1 Å². The summed E-state index contributed by atoms with van der Waals surface area (Å²) in [6, 6.07) is 3.29. The van der Waals surface area contributed by atoms with Gasteiger partial charge in [-0.15, -0.1) is 0 Å². The van der Waals surface area contributed by atoms with Crippen molar-refractivity contribution in [1.82, 2.24) is 4.31 Å². The van der Waals surface area contributed by atoms with Gasteiger partial charge in [0.15, 0.2) is 0 Å². The van der Waals surface area contributed by atoms with Crippen molar-refractivity contribution in [2.45, 2.75) is 31.6 Å². The van der Waals surface area contributed by atoms with Crippen LogP contribution in [0.4, 0.5) is 4.39 Å². The number of carboxylic acid groups (broad SMARTS) is 1. The van der Waals surface area contributed by atoms with Gasteiger partial charge in [-0.05, 0) is 31.4 Å². The van der Waals surface area contributed by atoms with Gasteiger partial charge in [0.05, 0.1) is 5.75 Å². The highest BCUT2D eigenvalue weighted by Gasteiger charge is 2.38. The first-order chi connectivity index (χ1) is 9.31. The topological polar surface area (TPSA) is 74.7 Å². The molecule has 20 heavy (non-hydrogen) atoms. The van der Waals surface area contributed by atoms with E-state index in [1.54, 1.807) is 13.0 Å². The Kier molecular flexibility index (Phi) is 4.10. The maximum absolute atomic E-state index is 13.7. The fourth-order valence-corrected chi connectivity index (χ4v) is 4.15. The lowest BCUT2D eigenvalue weighted by Crippen LogP contribution is -2.41. The van der Waals surface area contributed by atoms with Crippen LogP contribution in [0.3, 0.4) is 0 Å². The van der Waals surface area contributed by atoms with E-state index >= 15 is 0 Å². The Bertz CT molecular complexity index is 629. The highest BCUT2D eigenvalue weighted by atomic mass is 32.2. The number of sulfonamides is 1. The number of hydrogen-bond acceptors (Lipinski definition) is 3. The average Bonchev–Trinajstić information content (AvgIpc) is 2.82. The van der Waals surface area contributed by atoms with Crippen molar-refractivity contribution < 1.29 is 22.7 Å². The molecule has 1 aromatic rings. The number of rotatable bonds is 4. The summed E-state index contributed by atoms with van der Waals surface area (Å²) in [5.41, 5.74) is 0.764. The van der Waals surface area contributed by atoms with Gasteiger partial charge in [0.1, 0.15) is 11.9 Å². The van der Waals surface area contributed by atoms with Crippen LogP contribution in [0.2, 0.25) is 0 Å². The molecule has 0 aliphatic carbocycles. The summed E-state index contributed by atoms with van der Waals surface area (Å²) >= 11 is 0. The van der Waals surface area contributed by atoms with E-state index in [2.05, 4.69) is 0 Å². The largest absolute Gasteiger partial charge is 0.480 e. The molecule has 1 aromatic carbocycles. The second-order valence-corrected chi connectivity index (χ2v) is 6.88. The first-order valence-corrected chi connectivity index (χ1v) is 7.89. The van der Waals surface area contributed by atoms with Crippen molar-refractivity contribution in [3.63, 3.8) is 0 Å². The molecule has 1 unspecified atom stereocenters. The summed E-state index contributed by atoms with van der Waals surface area (Å²) < 4.78 is 39.2. The highest BCUT2D eigenvalue weighted by molar-refractivity contribution is 7.88. The third-order valence-corrected chi connectivity index (χ3v) is 5.22. The predicted molar refractivity (Wildman–Crippen MR) is 71.1 cm³/mol. The van der Waals surface area contributed by atoms with Crippen molar-refractivity contribution in [2.75, 3.05) is 6.54 Å². The Balaban J connectivity index is 2.25. The number of aliphatic carboxylic acids is 1. The molecule has 1 aliphatic heterocycles. The number of halogens is 1. The quantitative estimate of drug-likeness (QED) is 0.915. The van der Waals surface area contributed by atoms with Gasteiger partial charge in [-0.1, -0.05) is 12.1 Å². The first kappa shape index (κ1) is 14.9. The summed E-state index contributed by atoms with van der Waals surface area (Å²) in [4.78, 5) is 11.0. The van der Waals surface area contributed by atoms with E-state index in [0.29, 0.717) is 18.4 Å². The zero-order valence-electron chi connectivity index (χ0n) is 11.0. The minimum Gasteiger partial charge on any atom is -0.480 e. The first-order valence-electron chi connectivity index (χ1n) is 6.28. The molecular formula is C13H16FNO4S. The summed E-state index contributed by atoms with van der Waals surface area (Å²) in [5, 5.41) is 9.02. The summed E-state index contributed by atoms with van der Waals surface area (Å²) in [5.74, 6) is -2.25. The highest BCUT2D eigenvalue weighted by Crippen LogP contribution is 2.24. The summed E-state index contributed by atoms with van der Waals surface area (Å²) in [7, 11) is -3.83. The minimum absolute atomic E-state index is 0.0617. The number of carbonyl (C=O) groups is 1. The van der Waals surface area contributed by atoms with Gasteiger partial charge in [-0.2, -0.15) is 4.31 Å². The molecule has 1 aliphatic rings. The summed E-state index contributed by atoms with van der Waals surface area (Å²) in [6.07, 6.45) is 0.803. The number of nitrogens with zero attached hydrogens (tertiary/aromatic N) is 1. The molecule has 1 N–H and O–H groups in total. The normalized spacial score (nSPS) is 20.2. The lowest BCUT2D eigenvalue weighted by molar-refractivity contribution is -0.140. The molecule has 2 rings (SSSR count). The zero-order chi connectivity index (χ0) is 14.9. The zero-order valence-corrected chi connectivity index (χ0v) is 11.9. The van der Waals surface area contributed by atoms with Gasteiger partial charge in [0.25, 0.3) is 0 Å². The van der Waals surface area contributed by atoms with E-state index in [-0.39, 0.29) is 12.1 Å². The van der Waals surface area contributed by atoms with Gasteiger partial charge in [-0.25, -0.2) is 12.8 Å². The lowest BCUT2D eigenvalue weighted by atomic mass is 10.2. The second kappa shape index (κ2) is 5.49. The fourth-order valence-electron chi connectivity index (χ4n) is 2.37. The molecule has 1 atom stereocenters. The van der Waals surface area contributed by atoms with Gasteiger partial charge < -0.3 is 5.11 Å². The monoisotopic (exact) mass is 301 g/mol. The molecule has 0 spiro atoms. The van der Waals surface area contributed by atoms with Crippen LogP contribution in [-0.2, 0) is 20.6 Å². The van der Waals surface area contributed by atoms with Crippen LogP contribution >= 0.6 is 0 Å². The van der Waals surface area contributed by atoms with E-state index < -0.39 is 33.6 Å². The van der Waals surface area contributed by atoms with Gasteiger partial charge >= 0.3 is 5.97 Å². The third kappa shape index (κ3) is 2.99. The number of aryl methyl sites for hydroxylation is 1. The standard InChI is InChI=1S/C13H16FNO4S/c1-9-4-5-10(11(14)7-9)8-20(18,19)15-6-2-3-12(15)13(16)17/h4-5,7,12H,2-3,6,8H2,1H3,(H,16,17). The van der Waals surface area contributed by atoms with Crippen molar-refractivity contribution >= 4 is 16.0 Å². The van der Waals surface area contributed by atoms with Crippen LogP contribution < -0.4 is 0 Å². The Morgan fingerprint density at radius 2 is 2.20 bits per heavy atom. The molecule has 1 saturated heterocycles. The van der Waals surface area contributed by atoms with Crippen LogP contribution in [-0.4, -0.2) is 36.4 Å². The number of carboxylic acids is 1. The molecule has 1 fully saturated rings. The molecule has 0 radical (unpaired) electrons. The maximum Gasteiger partial charge on any atom is 0.322 e. The molecule has 0 saturated carbocycles. The van der Waals surface area contributed by atoms with Crippen LogP contribution in [0.5, 0.6) is 0 Å². The van der Waals surface area contributed by atoms with Crippen LogP contribution in [0, 0.1) is 12.7 Å². The van der Waals surface area contributed by atoms with Gasteiger partial charge in [0.2, 0.25) is 10.0 Å². The van der Waals surface area contributed by atoms with Crippen molar-refractivity contribution in [1.29, 1.82) is 0 Å². The molecule has 110 valence electrons. The molecule has 5 nitrogen and oxygen atoms in total. The Morgan fingerprint density at radius 3 is 2.80 bits per heavy atom. The third-order valence-electron chi connectivity index (χ3n) is 3.39. The van der Waals surface area contributed by atoms with Crippen molar-refractivity contribution in [3.05, 3.63) is 35.1 Å². The molecular weight excluding hydrogens is 285 g/mol. The van der Waals surface area contributed by atoms with E-state index in [9.17, 15) is 17.6 Å². The Morgan fingerprint density at radius 1 is 1.50 bits per heavy atom. The molecule has 0 amide bonds. The van der Waals surface area contributed by atoms with Gasteiger partial charge in [0, 0.05) is 12.1 Å². The van der Waals surface area contributed by atoms with Crippen LogP contribution in [0.1, 0.15) is 24.0 Å². The molecule has 7 heteroatoms. The van der Waals surface area contributed by atoms with Crippen molar-refractivity contribution in [3.8, 4) is 0 Å². The molecule has 0 aromatic heterocycles. The van der Waals surface area contributed by atoms with E-state index in [4.69, 9.17) is 5.11 Å². The Labute approximate surface area is 117 Å².